The van der Waals surface area contributed by atoms with E-state index in [1.165, 1.54) is 42.5 Å². The minimum atomic E-state index is -4.04. The van der Waals surface area contributed by atoms with E-state index in [0.29, 0.717) is 25.6 Å². The molecule has 0 spiro atoms. The maximum Gasteiger partial charge on any atom is 0.262 e. The Morgan fingerprint density at radius 3 is 2.39 bits per heavy atom. The summed E-state index contributed by atoms with van der Waals surface area (Å²) in [7, 11) is -4.04. The highest BCUT2D eigenvalue weighted by atomic mass is 32.2. The summed E-state index contributed by atoms with van der Waals surface area (Å²) in [4.78, 5) is 14.6. The quantitative estimate of drug-likeness (QED) is 0.552. The van der Waals surface area contributed by atoms with Gasteiger partial charge in [-0.05, 0) is 61.2 Å². The standard InChI is InChI=1S/C25H25FN2O4S/c26-23-11-4-5-12-24(23)27-33(30,31)22-10-6-7-20(17-22)25(29)28-15-13-19(14-16-28)18-32-21-8-2-1-3-9-21/h1-12,17,19,27H,13-16,18H2. The first kappa shape index (κ1) is 22.8. The lowest BCUT2D eigenvalue weighted by molar-refractivity contribution is 0.0661. The van der Waals surface area contributed by atoms with Crippen molar-refractivity contribution < 1.29 is 22.3 Å². The zero-order chi connectivity index (χ0) is 23.3. The van der Waals surface area contributed by atoms with Crippen LogP contribution in [0, 0.1) is 11.7 Å². The van der Waals surface area contributed by atoms with E-state index in [4.69, 9.17) is 4.74 Å². The van der Waals surface area contributed by atoms with Gasteiger partial charge in [0.15, 0.2) is 0 Å². The topological polar surface area (TPSA) is 75.7 Å². The summed E-state index contributed by atoms with van der Waals surface area (Å²) in [6, 6.07) is 21.0. The van der Waals surface area contributed by atoms with Gasteiger partial charge in [0.1, 0.15) is 11.6 Å². The van der Waals surface area contributed by atoms with Gasteiger partial charge in [-0.1, -0.05) is 36.4 Å². The van der Waals surface area contributed by atoms with Crippen molar-refractivity contribution in [2.75, 3.05) is 24.4 Å². The summed E-state index contributed by atoms with van der Waals surface area (Å²) in [5, 5.41) is 0. The molecule has 1 amide bonds. The average molecular weight is 469 g/mol. The number of carbonyl (C=O) groups is 1. The molecular formula is C25H25FN2O4S. The van der Waals surface area contributed by atoms with Gasteiger partial charge in [0, 0.05) is 18.7 Å². The lowest BCUT2D eigenvalue weighted by atomic mass is 9.97. The second-order valence-electron chi connectivity index (χ2n) is 7.97. The Balaban J connectivity index is 1.37. The first-order chi connectivity index (χ1) is 15.9. The number of carbonyl (C=O) groups excluding carboxylic acids is 1. The Morgan fingerprint density at radius 1 is 0.970 bits per heavy atom. The molecule has 6 nitrogen and oxygen atoms in total. The van der Waals surface area contributed by atoms with Crippen molar-refractivity contribution in [2.45, 2.75) is 17.7 Å². The zero-order valence-electron chi connectivity index (χ0n) is 18.0. The van der Waals surface area contributed by atoms with Gasteiger partial charge >= 0.3 is 0 Å². The molecule has 8 heteroatoms. The summed E-state index contributed by atoms with van der Waals surface area (Å²) in [6.45, 7) is 1.75. The fraction of sp³-hybridized carbons (Fsp3) is 0.240. The molecule has 1 aliphatic heterocycles. The predicted molar refractivity (Wildman–Crippen MR) is 124 cm³/mol. The molecule has 172 valence electrons. The number of ether oxygens (including phenoxy) is 1. The first-order valence-electron chi connectivity index (χ1n) is 10.8. The van der Waals surface area contributed by atoms with Gasteiger partial charge in [0.2, 0.25) is 0 Å². The number of likely N-dealkylation sites (tertiary alicyclic amines) is 1. The van der Waals surface area contributed by atoms with E-state index in [9.17, 15) is 17.6 Å². The highest BCUT2D eigenvalue weighted by Crippen LogP contribution is 2.23. The van der Waals surface area contributed by atoms with Gasteiger partial charge in [-0.2, -0.15) is 0 Å². The molecular weight excluding hydrogens is 443 g/mol. The van der Waals surface area contributed by atoms with Crippen LogP contribution in [-0.2, 0) is 10.0 Å². The van der Waals surface area contributed by atoms with Crippen molar-refractivity contribution in [1.29, 1.82) is 0 Å². The number of nitrogens with zero attached hydrogens (tertiary/aromatic N) is 1. The minimum Gasteiger partial charge on any atom is -0.493 e. The smallest absolute Gasteiger partial charge is 0.262 e. The van der Waals surface area contributed by atoms with Gasteiger partial charge in [0.25, 0.3) is 15.9 Å². The van der Waals surface area contributed by atoms with Crippen molar-refractivity contribution in [3.05, 3.63) is 90.2 Å². The number of piperidine rings is 1. The van der Waals surface area contributed by atoms with Crippen LogP contribution in [-0.4, -0.2) is 38.9 Å². The number of amides is 1. The number of hydrogen-bond donors (Lipinski definition) is 1. The second-order valence-corrected chi connectivity index (χ2v) is 9.66. The SMILES string of the molecule is O=C(c1cccc(S(=O)(=O)Nc2ccccc2F)c1)N1CCC(COc2ccccc2)CC1. The van der Waals surface area contributed by atoms with Crippen molar-refractivity contribution in [3.8, 4) is 5.75 Å². The lowest BCUT2D eigenvalue weighted by Gasteiger charge is -2.32. The Hall–Kier alpha value is -3.39. The molecule has 1 N–H and O–H groups in total. The van der Waals surface area contributed by atoms with Gasteiger partial charge in [-0.15, -0.1) is 0 Å². The normalized spacial score (nSPS) is 14.6. The molecule has 1 heterocycles. The first-order valence-corrected chi connectivity index (χ1v) is 12.3. The molecule has 33 heavy (non-hydrogen) atoms. The third-order valence-electron chi connectivity index (χ3n) is 5.64. The summed E-state index contributed by atoms with van der Waals surface area (Å²) in [5.74, 6) is 0.289. The molecule has 0 radical (unpaired) electrons. The van der Waals surface area contributed by atoms with E-state index in [-0.39, 0.29) is 22.1 Å². The fourth-order valence-electron chi connectivity index (χ4n) is 3.76. The minimum absolute atomic E-state index is 0.0947. The van der Waals surface area contributed by atoms with Gasteiger partial charge in [0.05, 0.1) is 17.2 Å². The number of sulfonamides is 1. The van der Waals surface area contributed by atoms with E-state index >= 15 is 0 Å². The number of nitrogens with one attached hydrogen (secondary N) is 1. The van der Waals surface area contributed by atoms with Crippen molar-refractivity contribution in [1.82, 2.24) is 4.90 Å². The van der Waals surface area contributed by atoms with Crippen LogP contribution < -0.4 is 9.46 Å². The Kier molecular flexibility index (Phi) is 6.93. The molecule has 3 aromatic rings. The van der Waals surface area contributed by atoms with Crippen LogP contribution >= 0.6 is 0 Å². The van der Waals surface area contributed by atoms with E-state index in [0.717, 1.165) is 18.6 Å². The van der Waals surface area contributed by atoms with Gasteiger partial charge < -0.3 is 9.64 Å². The average Bonchev–Trinajstić information content (AvgIpc) is 2.85. The summed E-state index contributed by atoms with van der Waals surface area (Å²) < 4.78 is 47.4. The molecule has 1 aliphatic rings. The van der Waals surface area contributed by atoms with Crippen LogP contribution in [0.25, 0.3) is 0 Å². The van der Waals surface area contributed by atoms with E-state index in [2.05, 4.69) is 4.72 Å². The summed E-state index contributed by atoms with van der Waals surface area (Å²) >= 11 is 0. The molecule has 0 atom stereocenters. The van der Waals surface area contributed by atoms with Crippen LogP contribution in [0.1, 0.15) is 23.2 Å². The van der Waals surface area contributed by atoms with Crippen LogP contribution in [0.2, 0.25) is 0 Å². The summed E-state index contributed by atoms with van der Waals surface area (Å²) in [6.07, 6.45) is 1.62. The van der Waals surface area contributed by atoms with E-state index < -0.39 is 15.8 Å². The molecule has 3 aromatic carbocycles. The van der Waals surface area contributed by atoms with E-state index in [1.54, 1.807) is 11.0 Å². The van der Waals surface area contributed by atoms with Gasteiger partial charge in [-0.25, -0.2) is 12.8 Å². The number of halogens is 1. The largest absolute Gasteiger partial charge is 0.493 e. The van der Waals surface area contributed by atoms with Crippen LogP contribution in [0.4, 0.5) is 10.1 Å². The maximum atomic E-state index is 13.9. The fourth-order valence-corrected chi connectivity index (χ4v) is 4.87. The zero-order valence-corrected chi connectivity index (χ0v) is 18.8. The molecule has 0 unspecified atom stereocenters. The molecule has 0 saturated carbocycles. The Bertz CT molecular complexity index is 1210. The molecule has 0 aromatic heterocycles. The Morgan fingerprint density at radius 2 is 1.67 bits per heavy atom. The number of anilines is 1. The second kappa shape index (κ2) is 10.0. The van der Waals surface area contributed by atoms with Crippen LogP contribution in [0.3, 0.4) is 0 Å². The number of benzene rings is 3. The maximum absolute atomic E-state index is 13.9. The molecule has 0 aliphatic carbocycles. The van der Waals surface area contributed by atoms with Gasteiger partial charge in [-0.3, -0.25) is 9.52 Å². The Labute approximate surface area is 193 Å². The molecule has 1 fully saturated rings. The summed E-state index contributed by atoms with van der Waals surface area (Å²) in [5.41, 5.74) is 0.138. The third kappa shape index (κ3) is 5.70. The highest BCUT2D eigenvalue weighted by Gasteiger charge is 2.25. The third-order valence-corrected chi connectivity index (χ3v) is 7.00. The van der Waals surface area contributed by atoms with E-state index in [1.807, 2.05) is 30.3 Å². The van der Waals surface area contributed by atoms with Crippen molar-refractivity contribution >= 4 is 21.6 Å². The van der Waals surface area contributed by atoms with Crippen molar-refractivity contribution in [2.24, 2.45) is 5.92 Å². The highest BCUT2D eigenvalue weighted by molar-refractivity contribution is 7.92. The van der Waals surface area contributed by atoms with Crippen LogP contribution in [0.15, 0.2) is 83.8 Å². The van der Waals surface area contributed by atoms with Crippen LogP contribution in [0.5, 0.6) is 5.75 Å². The molecule has 0 bridgehead atoms. The number of rotatable bonds is 7. The monoisotopic (exact) mass is 468 g/mol. The van der Waals surface area contributed by atoms with Crippen molar-refractivity contribution in [3.63, 3.8) is 0 Å². The molecule has 4 rings (SSSR count). The molecule has 1 saturated heterocycles. The number of hydrogen-bond acceptors (Lipinski definition) is 4. The lowest BCUT2D eigenvalue weighted by Crippen LogP contribution is -2.39. The number of para-hydroxylation sites is 2. The predicted octanol–water partition coefficient (Wildman–Crippen LogP) is 4.56.